The molecule has 0 amide bonds. The lowest BCUT2D eigenvalue weighted by Crippen LogP contribution is -2.40. The Morgan fingerprint density at radius 1 is 0.889 bits per heavy atom. The van der Waals surface area contributed by atoms with E-state index in [1.807, 2.05) is 0 Å². The van der Waals surface area contributed by atoms with Crippen LogP contribution in [-0.4, -0.2) is 14.9 Å². The van der Waals surface area contributed by atoms with Crippen LogP contribution in [0.2, 0.25) is 18.1 Å². The zero-order chi connectivity index (χ0) is 14.2. The highest BCUT2D eigenvalue weighted by atomic mass is 28.4. The first-order chi connectivity index (χ1) is 8.17. The monoisotopic (exact) mass is 272 g/mol. The summed E-state index contributed by atoms with van der Waals surface area (Å²) < 4.78 is 6.18. The van der Waals surface area contributed by atoms with Crippen molar-refractivity contribution in [1.29, 1.82) is 0 Å². The maximum absolute atomic E-state index is 6.18. The van der Waals surface area contributed by atoms with Gasteiger partial charge in [-0.1, -0.05) is 66.7 Å². The molecule has 0 aromatic rings. The molecule has 18 heavy (non-hydrogen) atoms. The normalized spacial score (nSPS) is 13.3. The van der Waals surface area contributed by atoms with Crippen LogP contribution >= 0.6 is 0 Å². The van der Waals surface area contributed by atoms with E-state index in [-0.39, 0.29) is 0 Å². The fourth-order valence-electron chi connectivity index (χ4n) is 1.73. The highest BCUT2D eigenvalue weighted by Gasteiger charge is 2.36. The Kier molecular flexibility index (Phi) is 8.45. The number of hydrogen-bond acceptors (Lipinski definition) is 1. The van der Waals surface area contributed by atoms with Gasteiger partial charge in [0.25, 0.3) is 0 Å². The van der Waals surface area contributed by atoms with Crippen LogP contribution in [0.3, 0.4) is 0 Å². The second-order valence-corrected chi connectivity index (χ2v) is 12.4. The first-order valence-corrected chi connectivity index (χ1v) is 10.7. The van der Waals surface area contributed by atoms with Crippen LogP contribution in [0.4, 0.5) is 0 Å². The van der Waals surface area contributed by atoms with Crippen LogP contribution in [0.25, 0.3) is 0 Å². The minimum atomic E-state index is -1.50. The quantitative estimate of drug-likeness (QED) is 0.369. The number of unbranched alkanes of at least 4 members (excludes halogenated alkanes) is 4. The summed E-state index contributed by atoms with van der Waals surface area (Å²) in [7, 11) is -1.50. The van der Waals surface area contributed by atoms with Crippen LogP contribution in [0.15, 0.2) is 0 Å². The molecule has 0 atom stereocenters. The molecule has 0 bridgehead atoms. The molecule has 0 saturated heterocycles. The summed E-state index contributed by atoms with van der Waals surface area (Å²) in [5.74, 6) is 0.868. The number of rotatable bonds is 9. The Morgan fingerprint density at radius 3 is 1.89 bits per heavy atom. The zero-order valence-corrected chi connectivity index (χ0v) is 14.9. The van der Waals surface area contributed by atoms with E-state index < -0.39 is 8.32 Å². The lowest BCUT2D eigenvalue weighted by Gasteiger charge is -2.36. The van der Waals surface area contributed by atoms with E-state index in [0.717, 1.165) is 12.5 Å². The molecule has 0 saturated carbocycles. The second-order valence-electron chi connectivity index (χ2n) is 7.56. The van der Waals surface area contributed by atoms with E-state index >= 15 is 0 Å². The van der Waals surface area contributed by atoms with E-state index in [9.17, 15) is 0 Å². The first kappa shape index (κ1) is 18.2. The van der Waals surface area contributed by atoms with Crippen LogP contribution in [0.1, 0.15) is 73.1 Å². The SMILES string of the molecule is CC(C)CCCCCCCO[Si](C)(C)C(C)(C)C. The lowest BCUT2D eigenvalue weighted by molar-refractivity contribution is 0.277. The molecule has 0 aromatic heterocycles. The molecule has 0 rings (SSSR count). The predicted octanol–water partition coefficient (Wildman–Crippen LogP) is 6.00. The third-order valence-electron chi connectivity index (χ3n) is 4.19. The van der Waals surface area contributed by atoms with Gasteiger partial charge in [0.1, 0.15) is 0 Å². The fraction of sp³-hybridized carbons (Fsp3) is 1.00. The highest BCUT2D eigenvalue weighted by molar-refractivity contribution is 6.74. The smallest absolute Gasteiger partial charge is 0.191 e. The molecule has 110 valence electrons. The highest BCUT2D eigenvalue weighted by Crippen LogP contribution is 2.36. The van der Waals surface area contributed by atoms with E-state index in [1.54, 1.807) is 0 Å². The molecule has 0 aliphatic rings. The minimum Gasteiger partial charge on any atom is -0.417 e. The van der Waals surface area contributed by atoms with Crippen LogP contribution in [0.5, 0.6) is 0 Å². The van der Waals surface area contributed by atoms with Gasteiger partial charge in [-0.25, -0.2) is 0 Å². The maximum atomic E-state index is 6.18. The van der Waals surface area contributed by atoms with E-state index in [4.69, 9.17) is 4.43 Å². The van der Waals surface area contributed by atoms with Crippen LogP contribution < -0.4 is 0 Å². The summed E-state index contributed by atoms with van der Waals surface area (Å²) >= 11 is 0. The summed E-state index contributed by atoms with van der Waals surface area (Å²) in [5, 5.41) is 0.351. The lowest BCUT2D eigenvalue weighted by atomic mass is 10.0. The van der Waals surface area contributed by atoms with E-state index in [0.29, 0.717) is 5.04 Å². The van der Waals surface area contributed by atoms with Gasteiger partial charge in [0.05, 0.1) is 0 Å². The molecule has 0 radical (unpaired) electrons. The van der Waals surface area contributed by atoms with Crippen LogP contribution in [-0.2, 0) is 4.43 Å². The molecule has 0 unspecified atom stereocenters. The Bertz CT molecular complexity index is 204. The molecule has 0 spiro atoms. The zero-order valence-electron chi connectivity index (χ0n) is 13.9. The summed E-state index contributed by atoms with van der Waals surface area (Å²) in [6.45, 7) is 17.2. The Labute approximate surface area is 117 Å². The third-order valence-corrected chi connectivity index (χ3v) is 8.73. The second kappa shape index (κ2) is 8.37. The average molecular weight is 273 g/mol. The van der Waals surface area contributed by atoms with Crippen molar-refractivity contribution in [1.82, 2.24) is 0 Å². The van der Waals surface area contributed by atoms with E-state index in [1.165, 1.54) is 38.5 Å². The van der Waals surface area contributed by atoms with Crippen molar-refractivity contribution in [3.05, 3.63) is 0 Å². The van der Waals surface area contributed by atoms with Gasteiger partial charge in [-0.3, -0.25) is 0 Å². The van der Waals surface area contributed by atoms with Gasteiger partial charge in [0, 0.05) is 6.61 Å². The summed E-state index contributed by atoms with van der Waals surface area (Å²) in [6, 6.07) is 0. The van der Waals surface area contributed by atoms with Crippen molar-refractivity contribution in [2.24, 2.45) is 5.92 Å². The number of hydrogen-bond donors (Lipinski definition) is 0. The van der Waals surface area contributed by atoms with Crippen molar-refractivity contribution in [2.45, 2.75) is 91.3 Å². The first-order valence-electron chi connectivity index (χ1n) is 7.81. The maximum Gasteiger partial charge on any atom is 0.191 e. The molecular weight excluding hydrogens is 236 g/mol. The molecule has 1 nitrogen and oxygen atoms in total. The predicted molar refractivity (Wildman–Crippen MR) is 85.7 cm³/mol. The summed E-state index contributed by atoms with van der Waals surface area (Å²) in [5.41, 5.74) is 0. The molecule has 2 heteroatoms. The van der Waals surface area contributed by atoms with Crippen molar-refractivity contribution >= 4 is 8.32 Å². The fourth-order valence-corrected chi connectivity index (χ4v) is 2.82. The van der Waals surface area contributed by atoms with Gasteiger partial charge in [-0.05, 0) is 30.5 Å². The largest absolute Gasteiger partial charge is 0.417 e. The van der Waals surface area contributed by atoms with Gasteiger partial charge in [0.2, 0.25) is 0 Å². The molecule has 0 fully saturated rings. The summed E-state index contributed by atoms with van der Waals surface area (Å²) in [6.07, 6.45) is 8.16. The topological polar surface area (TPSA) is 9.23 Å². The van der Waals surface area contributed by atoms with Gasteiger partial charge < -0.3 is 4.43 Å². The third kappa shape index (κ3) is 8.31. The average Bonchev–Trinajstić information content (AvgIpc) is 2.19. The Hall–Kier alpha value is 0.177. The Balaban J connectivity index is 3.46. The van der Waals surface area contributed by atoms with Crippen molar-refractivity contribution in [3.63, 3.8) is 0 Å². The molecular formula is C16H36OSi. The van der Waals surface area contributed by atoms with Crippen molar-refractivity contribution in [2.75, 3.05) is 6.61 Å². The minimum absolute atomic E-state index is 0.351. The molecule has 0 aromatic carbocycles. The van der Waals surface area contributed by atoms with Gasteiger partial charge in [-0.2, -0.15) is 0 Å². The molecule has 0 aliphatic carbocycles. The van der Waals surface area contributed by atoms with Crippen molar-refractivity contribution < 1.29 is 4.43 Å². The molecule has 0 aliphatic heterocycles. The standard InChI is InChI=1S/C16H36OSi/c1-15(2)13-11-9-8-10-12-14-17-18(6,7)16(3,4)5/h15H,8-14H2,1-7H3. The van der Waals surface area contributed by atoms with Gasteiger partial charge >= 0.3 is 0 Å². The Morgan fingerprint density at radius 2 is 1.39 bits per heavy atom. The summed E-state index contributed by atoms with van der Waals surface area (Å²) in [4.78, 5) is 0. The van der Waals surface area contributed by atoms with Gasteiger partial charge in [0.15, 0.2) is 8.32 Å². The van der Waals surface area contributed by atoms with Gasteiger partial charge in [-0.15, -0.1) is 0 Å². The molecule has 0 heterocycles. The van der Waals surface area contributed by atoms with E-state index in [2.05, 4.69) is 47.7 Å². The van der Waals surface area contributed by atoms with Crippen LogP contribution in [0, 0.1) is 5.92 Å². The van der Waals surface area contributed by atoms with Crippen molar-refractivity contribution in [3.8, 4) is 0 Å². The molecule has 0 N–H and O–H groups in total.